The Morgan fingerprint density at radius 3 is 2.79 bits per heavy atom. The molecule has 4 rings (SSSR count). The van der Waals surface area contributed by atoms with E-state index in [0.29, 0.717) is 36.2 Å². The van der Waals surface area contributed by atoms with Crippen LogP contribution in [0.5, 0.6) is 11.5 Å². The van der Waals surface area contributed by atoms with E-state index in [2.05, 4.69) is 11.0 Å². The molecule has 29 heavy (non-hydrogen) atoms. The largest absolute Gasteiger partial charge is 0.493 e. The molecule has 2 aliphatic heterocycles. The fourth-order valence-corrected chi connectivity index (χ4v) is 4.82. The number of ether oxygens (including phenoxy) is 2. The lowest BCUT2D eigenvalue weighted by atomic mass is 9.86. The molecule has 8 heteroatoms. The standard InChI is InChI=1S/C21H21N3O4S/c1-26-18-6-5-14(8-19(18)27-2)16-9-20(25)24-12-23(11-15-4-3-7-28-15)13-29-21(24)17(16)10-22/h3-8,16H,9,11-13H2,1-2H3/t16-/m1/s1. The molecule has 1 aromatic heterocycles. The second kappa shape index (κ2) is 8.23. The minimum atomic E-state index is -0.289. The van der Waals surface area contributed by atoms with Crippen molar-refractivity contribution < 1.29 is 18.7 Å². The van der Waals surface area contributed by atoms with Crippen LogP contribution < -0.4 is 9.47 Å². The summed E-state index contributed by atoms with van der Waals surface area (Å²) in [6.07, 6.45) is 1.89. The van der Waals surface area contributed by atoms with Crippen LogP contribution in [0.1, 0.15) is 23.7 Å². The molecule has 3 heterocycles. The Morgan fingerprint density at radius 2 is 2.10 bits per heavy atom. The normalized spacial score (nSPS) is 19.7. The molecule has 0 unspecified atom stereocenters. The highest BCUT2D eigenvalue weighted by molar-refractivity contribution is 8.03. The summed E-state index contributed by atoms with van der Waals surface area (Å²) in [5.41, 5.74) is 1.50. The van der Waals surface area contributed by atoms with Crippen molar-refractivity contribution in [3.05, 3.63) is 58.5 Å². The first-order chi connectivity index (χ1) is 14.1. The number of carbonyl (C=O) groups excluding carboxylic acids is 1. The van der Waals surface area contributed by atoms with Gasteiger partial charge in [0.25, 0.3) is 0 Å². The van der Waals surface area contributed by atoms with Crippen LogP contribution in [-0.2, 0) is 11.3 Å². The van der Waals surface area contributed by atoms with Crippen LogP contribution in [-0.4, -0.2) is 42.5 Å². The first-order valence-electron chi connectivity index (χ1n) is 9.18. The van der Waals surface area contributed by atoms with Crippen LogP contribution in [0.4, 0.5) is 0 Å². The molecule has 1 fully saturated rings. The van der Waals surface area contributed by atoms with E-state index < -0.39 is 0 Å². The van der Waals surface area contributed by atoms with Crippen LogP contribution in [0, 0.1) is 11.3 Å². The smallest absolute Gasteiger partial charge is 0.229 e. The lowest BCUT2D eigenvalue weighted by Gasteiger charge is -2.41. The lowest BCUT2D eigenvalue weighted by molar-refractivity contribution is -0.132. The van der Waals surface area contributed by atoms with E-state index in [-0.39, 0.29) is 18.2 Å². The van der Waals surface area contributed by atoms with Gasteiger partial charge >= 0.3 is 0 Å². The molecular formula is C21H21N3O4S. The third-order valence-electron chi connectivity index (χ3n) is 5.12. The zero-order valence-corrected chi connectivity index (χ0v) is 17.1. The van der Waals surface area contributed by atoms with Gasteiger partial charge in [-0.25, -0.2) is 0 Å². The van der Waals surface area contributed by atoms with Gasteiger partial charge in [0.1, 0.15) is 5.76 Å². The number of benzene rings is 1. The second-order valence-corrected chi connectivity index (χ2v) is 7.78. The highest BCUT2D eigenvalue weighted by Crippen LogP contribution is 2.44. The van der Waals surface area contributed by atoms with Crippen molar-refractivity contribution >= 4 is 17.7 Å². The van der Waals surface area contributed by atoms with E-state index in [1.54, 1.807) is 25.4 Å². The van der Waals surface area contributed by atoms with Gasteiger partial charge < -0.3 is 13.9 Å². The van der Waals surface area contributed by atoms with Gasteiger partial charge in [-0.05, 0) is 29.8 Å². The number of hydrogen-bond donors (Lipinski definition) is 0. The molecule has 1 amide bonds. The van der Waals surface area contributed by atoms with Crippen LogP contribution >= 0.6 is 11.8 Å². The van der Waals surface area contributed by atoms with E-state index in [0.717, 1.165) is 16.4 Å². The quantitative estimate of drug-likeness (QED) is 0.745. The van der Waals surface area contributed by atoms with Gasteiger partial charge in [0.15, 0.2) is 11.5 Å². The number of carbonyl (C=O) groups is 1. The fraction of sp³-hybridized carbons (Fsp3) is 0.333. The van der Waals surface area contributed by atoms with Crippen molar-refractivity contribution in [1.29, 1.82) is 5.26 Å². The summed E-state index contributed by atoms with van der Waals surface area (Å²) in [4.78, 5) is 16.8. The van der Waals surface area contributed by atoms with Crippen LogP contribution in [0.15, 0.2) is 51.6 Å². The van der Waals surface area contributed by atoms with Gasteiger partial charge in [0.2, 0.25) is 5.91 Å². The summed E-state index contributed by atoms with van der Waals surface area (Å²) in [5.74, 6) is 2.46. The Hall–Kier alpha value is -2.89. The highest BCUT2D eigenvalue weighted by atomic mass is 32.2. The molecular weight excluding hydrogens is 390 g/mol. The molecule has 0 radical (unpaired) electrons. The average Bonchev–Trinajstić information content (AvgIpc) is 3.26. The summed E-state index contributed by atoms with van der Waals surface area (Å²) in [5, 5.41) is 10.7. The number of hydrogen-bond acceptors (Lipinski definition) is 7. The number of thioether (sulfide) groups is 1. The summed E-state index contributed by atoms with van der Waals surface area (Å²) >= 11 is 1.52. The van der Waals surface area contributed by atoms with Crippen molar-refractivity contribution in [2.24, 2.45) is 0 Å². The Kier molecular flexibility index (Phi) is 5.51. The van der Waals surface area contributed by atoms with E-state index in [4.69, 9.17) is 13.9 Å². The van der Waals surface area contributed by atoms with Gasteiger partial charge in [-0.1, -0.05) is 17.8 Å². The summed E-state index contributed by atoms with van der Waals surface area (Å²) in [6.45, 7) is 1.07. The number of methoxy groups -OCH3 is 2. The fourth-order valence-electron chi connectivity index (χ4n) is 3.68. The molecule has 0 spiro atoms. The minimum absolute atomic E-state index is 0.00966. The molecule has 0 saturated carbocycles. The summed E-state index contributed by atoms with van der Waals surface area (Å²) in [6, 6.07) is 11.7. The first kappa shape index (κ1) is 19.4. The third kappa shape index (κ3) is 3.71. The van der Waals surface area contributed by atoms with Crippen molar-refractivity contribution in [2.45, 2.75) is 18.9 Å². The monoisotopic (exact) mass is 411 g/mol. The minimum Gasteiger partial charge on any atom is -0.493 e. The summed E-state index contributed by atoms with van der Waals surface area (Å²) < 4.78 is 16.1. The Bertz CT molecular complexity index is 980. The molecule has 7 nitrogen and oxygen atoms in total. The predicted octanol–water partition coefficient (Wildman–Crippen LogP) is 3.51. The van der Waals surface area contributed by atoms with Crippen LogP contribution in [0.2, 0.25) is 0 Å². The van der Waals surface area contributed by atoms with E-state index >= 15 is 0 Å². The highest BCUT2D eigenvalue weighted by Gasteiger charge is 2.38. The SMILES string of the molecule is COc1ccc([C@H]2CC(=O)N3CN(Cc4ccco4)CSC3=C2C#N)cc1OC. The van der Waals surface area contributed by atoms with Crippen molar-refractivity contribution in [1.82, 2.24) is 9.80 Å². The Balaban J connectivity index is 1.62. The number of furan rings is 1. The van der Waals surface area contributed by atoms with Gasteiger partial charge in [0, 0.05) is 12.3 Å². The molecule has 2 aromatic rings. The third-order valence-corrected chi connectivity index (χ3v) is 6.33. The first-order valence-corrected chi connectivity index (χ1v) is 10.2. The van der Waals surface area contributed by atoms with E-state index in [9.17, 15) is 10.1 Å². The van der Waals surface area contributed by atoms with Crippen LogP contribution in [0.25, 0.3) is 0 Å². The zero-order valence-electron chi connectivity index (χ0n) is 16.3. The second-order valence-electron chi connectivity index (χ2n) is 6.85. The molecule has 0 aliphatic carbocycles. The maximum absolute atomic E-state index is 13.0. The lowest BCUT2D eigenvalue weighted by Crippen LogP contribution is -2.46. The number of rotatable bonds is 5. The topological polar surface area (TPSA) is 78.9 Å². The van der Waals surface area contributed by atoms with Crippen molar-refractivity contribution in [3.8, 4) is 17.6 Å². The average molecular weight is 411 g/mol. The molecule has 1 saturated heterocycles. The van der Waals surface area contributed by atoms with Gasteiger partial charge in [0.05, 0.1) is 56.2 Å². The molecule has 1 aromatic carbocycles. The number of amides is 1. The molecule has 1 atom stereocenters. The number of nitriles is 1. The van der Waals surface area contributed by atoms with Crippen molar-refractivity contribution in [2.75, 3.05) is 26.8 Å². The van der Waals surface area contributed by atoms with Crippen molar-refractivity contribution in [3.63, 3.8) is 0 Å². The Morgan fingerprint density at radius 1 is 1.28 bits per heavy atom. The van der Waals surface area contributed by atoms with Crippen LogP contribution in [0.3, 0.4) is 0 Å². The molecule has 2 aliphatic rings. The molecule has 0 N–H and O–H groups in total. The van der Waals surface area contributed by atoms with Gasteiger partial charge in [-0.3, -0.25) is 14.6 Å². The number of nitrogens with zero attached hydrogens (tertiary/aromatic N) is 3. The maximum atomic E-state index is 13.0. The van der Waals surface area contributed by atoms with Gasteiger partial charge in [-0.15, -0.1) is 0 Å². The van der Waals surface area contributed by atoms with E-state index in [1.807, 2.05) is 30.3 Å². The predicted molar refractivity (Wildman–Crippen MR) is 108 cm³/mol. The number of allylic oxidation sites excluding steroid dienone is 1. The van der Waals surface area contributed by atoms with Gasteiger partial charge in [-0.2, -0.15) is 5.26 Å². The number of fused-ring (bicyclic) bond motifs is 1. The molecule has 0 bridgehead atoms. The molecule has 150 valence electrons. The zero-order chi connectivity index (χ0) is 20.4. The van der Waals surface area contributed by atoms with E-state index in [1.165, 1.54) is 11.8 Å². The Labute approximate surface area is 173 Å². The summed E-state index contributed by atoms with van der Waals surface area (Å²) in [7, 11) is 3.15. The maximum Gasteiger partial charge on any atom is 0.229 e.